The minimum Gasteiger partial charge on any atom is -0.392 e. The third-order valence-electron chi connectivity index (χ3n) is 4.69. The van der Waals surface area contributed by atoms with Crippen molar-refractivity contribution in [1.29, 1.82) is 0 Å². The minimum absolute atomic E-state index is 0.0583. The fourth-order valence-electron chi connectivity index (χ4n) is 3.24. The average molecular weight is 434 g/mol. The molecule has 0 saturated carbocycles. The number of anilines is 2. The van der Waals surface area contributed by atoms with Gasteiger partial charge in [-0.2, -0.15) is 4.31 Å². The van der Waals surface area contributed by atoms with E-state index in [1.54, 1.807) is 24.0 Å². The van der Waals surface area contributed by atoms with E-state index < -0.39 is 16.1 Å². The summed E-state index contributed by atoms with van der Waals surface area (Å²) in [5, 5.41) is 12.5. The molecule has 1 unspecified atom stereocenters. The Morgan fingerprint density at radius 1 is 1.13 bits per heavy atom. The maximum atomic E-state index is 12.7. The number of aliphatic hydroxyl groups is 1. The van der Waals surface area contributed by atoms with E-state index in [1.165, 1.54) is 16.4 Å². The van der Waals surface area contributed by atoms with Crippen LogP contribution in [0.15, 0.2) is 59.5 Å². The van der Waals surface area contributed by atoms with Gasteiger partial charge < -0.3 is 20.1 Å². The Hall–Kier alpha value is -2.46. The number of aliphatic hydroxyl groups excluding tert-OH is 1. The van der Waals surface area contributed by atoms with Gasteiger partial charge >= 0.3 is 0 Å². The molecule has 8 nitrogen and oxygen atoms in total. The first-order valence-corrected chi connectivity index (χ1v) is 11.3. The van der Waals surface area contributed by atoms with Gasteiger partial charge in [-0.3, -0.25) is 4.79 Å². The number of ether oxygens (including phenoxy) is 1. The highest BCUT2D eigenvalue weighted by Gasteiger charge is 2.26. The molecule has 0 aliphatic carbocycles. The molecule has 9 heteroatoms. The van der Waals surface area contributed by atoms with Crippen LogP contribution in [0.5, 0.6) is 0 Å². The van der Waals surface area contributed by atoms with Crippen molar-refractivity contribution in [2.45, 2.75) is 17.9 Å². The quantitative estimate of drug-likeness (QED) is 0.655. The van der Waals surface area contributed by atoms with E-state index in [4.69, 9.17) is 4.74 Å². The maximum absolute atomic E-state index is 12.7. The van der Waals surface area contributed by atoms with Crippen LogP contribution in [-0.4, -0.2) is 69.2 Å². The van der Waals surface area contributed by atoms with E-state index in [9.17, 15) is 18.3 Å². The van der Waals surface area contributed by atoms with E-state index in [2.05, 4.69) is 5.32 Å². The van der Waals surface area contributed by atoms with E-state index in [0.29, 0.717) is 38.5 Å². The van der Waals surface area contributed by atoms with Crippen molar-refractivity contribution in [2.75, 3.05) is 49.6 Å². The number of sulfonamides is 1. The molecular formula is C21H27N3O5S. The summed E-state index contributed by atoms with van der Waals surface area (Å²) in [6.45, 7) is 3.48. The Morgan fingerprint density at radius 3 is 2.37 bits per heavy atom. The number of hydrogen-bond acceptors (Lipinski definition) is 6. The molecule has 30 heavy (non-hydrogen) atoms. The Labute approximate surface area is 177 Å². The highest BCUT2D eigenvalue weighted by atomic mass is 32.2. The topological polar surface area (TPSA) is 99.2 Å². The fraction of sp³-hybridized carbons (Fsp3) is 0.381. The van der Waals surface area contributed by atoms with Crippen molar-refractivity contribution in [1.82, 2.24) is 4.31 Å². The monoisotopic (exact) mass is 433 g/mol. The van der Waals surface area contributed by atoms with Crippen LogP contribution in [0.25, 0.3) is 0 Å². The Morgan fingerprint density at radius 2 is 1.77 bits per heavy atom. The Kier molecular flexibility index (Phi) is 7.43. The zero-order valence-electron chi connectivity index (χ0n) is 16.9. The van der Waals surface area contributed by atoms with Crippen LogP contribution in [0.4, 0.5) is 11.4 Å². The van der Waals surface area contributed by atoms with Crippen molar-refractivity contribution >= 4 is 27.3 Å². The number of para-hydroxylation sites is 1. The highest BCUT2D eigenvalue weighted by Crippen LogP contribution is 2.20. The van der Waals surface area contributed by atoms with E-state index in [0.717, 1.165) is 5.69 Å². The standard InChI is InChI=1S/C21H27N3O5S/c1-17(25)15-23(19-5-3-2-4-6-19)16-21(26)22-18-7-9-20(10-8-18)30(27,28)24-11-13-29-14-12-24/h2-10,17,25H,11-16H2,1H3,(H,22,26). The molecule has 1 atom stereocenters. The summed E-state index contributed by atoms with van der Waals surface area (Å²) in [6.07, 6.45) is -0.595. The van der Waals surface area contributed by atoms with E-state index in [1.807, 2.05) is 30.3 Å². The first-order valence-electron chi connectivity index (χ1n) is 9.82. The van der Waals surface area contributed by atoms with Gasteiger partial charge in [-0.05, 0) is 43.3 Å². The molecule has 1 saturated heterocycles. The summed E-state index contributed by atoms with van der Waals surface area (Å²) < 4.78 is 32.0. The predicted molar refractivity (Wildman–Crippen MR) is 115 cm³/mol. The van der Waals surface area contributed by atoms with Crippen LogP contribution >= 0.6 is 0 Å². The third kappa shape index (κ3) is 5.79. The van der Waals surface area contributed by atoms with Gasteiger partial charge in [0, 0.05) is 31.0 Å². The zero-order valence-corrected chi connectivity index (χ0v) is 17.7. The van der Waals surface area contributed by atoms with Crippen LogP contribution < -0.4 is 10.2 Å². The fourth-order valence-corrected chi connectivity index (χ4v) is 4.65. The second kappa shape index (κ2) is 10.0. The molecule has 1 aliphatic rings. The summed E-state index contributed by atoms with van der Waals surface area (Å²) in [4.78, 5) is 14.5. The lowest BCUT2D eigenvalue weighted by Gasteiger charge is -2.26. The van der Waals surface area contributed by atoms with Gasteiger partial charge in [0.1, 0.15) is 0 Å². The highest BCUT2D eigenvalue weighted by molar-refractivity contribution is 7.89. The molecular weight excluding hydrogens is 406 g/mol. The molecule has 1 amide bonds. The van der Waals surface area contributed by atoms with Crippen LogP contribution in [0, 0.1) is 0 Å². The molecule has 2 N–H and O–H groups in total. The van der Waals surface area contributed by atoms with Gasteiger partial charge in [0.25, 0.3) is 0 Å². The van der Waals surface area contributed by atoms with Gasteiger partial charge in [-0.25, -0.2) is 8.42 Å². The molecule has 0 aromatic heterocycles. The molecule has 3 rings (SSSR count). The summed E-state index contributed by atoms with van der Waals surface area (Å²) in [6, 6.07) is 15.5. The number of nitrogens with zero attached hydrogens (tertiary/aromatic N) is 2. The van der Waals surface area contributed by atoms with Gasteiger partial charge in [-0.15, -0.1) is 0 Å². The molecule has 0 bridgehead atoms. The molecule has 162 valence electrons. The van der Waals surface area contributed by atoms with Crippen LogP contribution in [0.3, 0.4) is 0 Å². The average Bonchev–Trinajstić information content (AvgIpc) is 2.74. The van der Waals surface area contributed by atoms with E-state index >= 15 is 0 Å². The van der Waals surface area contributed by atoms with Crippen molar-refractivity contribution < 1.29 is 23.1 Å². The second-order valence-corrected chi connectivity index (χ2v) is 9.09. The molecule has 2 aromatic rings. The van der Waals surface area contributed by atoms with Gasteiger partial charge in [0.15, 0.2) is 0 Å². The molecule has 1 fully saturated rings. The second-order valence-electron chi connectivity index (χ2n) is 7.15. The number of morpholine rings is 1. The Balaban J connectivity index is 1.65. The SMILES string of the molecule is CC(O)CN(CC(=O)Nc1ccc(S(=O)(=O)N2CCOCC2)cc1)c1ccccc1. The van der Waals surface area contributed by atoms with Crippen molar-refractivity contribution in [3.8, 4) is 0 Å². The van der Waals surface area contributed by atoms with Crippen LogP contribution in [0.2, 0.25) is 0 Å². The number of nitrogens with one attached hydrogen (secondary N) is 1. The van der Waals surface area contributed by atoms with Crippen LogP contribution in [-0.2, 0) is 19.6 Å². The third-order valence-corrected chi connectivity index (χ3v) is 6.60. The summed E-state index contributed by atoms with van der Waals surface area (Å²) in [5.41, 5.74) is 1.34. The first-order chi connectivity index (χ1) is 14.4. The summed E-state index contributed by atoms with van der Waals surface area (Å²) >= 11 is 0. The smallest absolute Gasteiger partial charge is 0.243 e. The van der Waals surface area contributed by atoms with Gasteiger partial charge in [0.2, 0.25) is 15.9 Å². The normalized spacial score (nSPS) is 16.1. The lowest BCUT2D eigenvalue weighted by atomic mass is 10.2. The minimum atomic E-state index is -3.57. The van der Waals surface area contributed by atoms with Crippen molar-refractivity contribution in [2.24, 2.45) is 0 Å². The lowest BCUT2D eigenvalue weighted by Crippen LogP contribution is -2.40. The van der Waals surface area contributed by atoms with Gasteiger partial charge in [-0.1, -0.05) is 18.2 Å². The molecule has 1 heterocycles. The van der Waals surface area contributed by atoms with E-state index in [-0.39, 0.29) is 17.3 Å². The summed E-state index contributed by atoms with van der Waals surface area (Å²) in [7, 11) is -3.57. The van der Waals surface area contributed by atoms with Crippen LogP contribution in [0.1, 0.15) is 6.92 Å². The molecule has 2 aromatic carbocycles. The molecule has 0 radical (unpaired) electrons. The zero-order chi connectivity index (χ0) is 21.6. The Bertz CT molecular complexity index is 927. The number of carbonyl (C=O) groups is 1. The molecule has 0 spiro atoms. The number of amides is 1. The lowest BCUT2D eigenvalue weighted by molar-refractivity contribution is -0.115. The number of carbonyl (C=O) groups excluding carboxylic acids is 1. The largest absolute Gasteiger partial charge is 0.392 e. The molecule has 1 aliphatic heterocycles. The number of hydrogen-bond donors (Lipinski definition) is 2. The van der Waals surface area contributed by atoms with Crippen molar-refractivity contribution in [3.05, 3.63) is 54.6 Å². The number of benzene rings is 2. The van der Waals surface area contributed by atoms with Crippen molar-refractivity contribution in [3.63, 3.8) is 0 Å². The summed E-state index contributed by atoms with van der Waals surface area (Å²) in [5.74, 6) is -0.261. The number of rotatable bonds is 8. The predicted octanol–water partition coefficient (Wildman–Crippen LogP) is 1.53. The van der Waals surface area contributed by atoms with Gasteiger partial charge in [0.05, 0.1) is 30.8 Å². The maximum Gasteiger partial charge on any atom is 0.243 e. The first kappa shape index (κ1) is 22.2.